The lowest BCUT2D eigenvalue weighted by Crippen LogP contribution is -2.57. The molecule has 0 radical (unpaired) electrons. The molecule has 2 aromatic carbocycles. The minimum atomic E-state index is -4.69. The number of nitrogens with zero attached hydrogens (tertiary/aromatic N) is 3. The van der Waals surface area contributed by atoms with Gasteiger partial charge in [0, 0.05) is 57.4 Å². The van der Waals surface area contributed by atoms with Crippen molar-refractivity contribution in [1.29, 1.82) is 0 Å². The van der Waals surface area contributed by atoms with Gasteiger partial charge in [0.15, 0.2) is 0 Å². The molecule has 0 saturated carbocycles. The first-order chi connectivity index (χ1) is 20.2. The van der Waals surface area contributed by atoms with E-state index in [1.54, 1.807) is 0 Å². The number of halogens is 6. The molecule has 2 heterocycles. The summed E-state index contributed by atoms with van der Waals surface area (Å²) < 4.78 is 97.0. The summed E-state index contributed by atoms with van der Waals surface area (Å²) in [6.07, 6.45) is -8.91. The van der Waals surface area contributed by atoms with E-state index in [2.05, 4.69) is 9.80 Å². The van der Waals surface area contributed by atoms with Crippen LogP contribution in [-0.4, -0.2) is 98.9 Å². The molecule has 0 aromatic heterocycles. The van der Waals surface area contributed by atoms with Gasteiger partial charge in [0.1, 0.15) is 11.5 Å². The van der Waals surface area contributed by atoms with Gasteiger partial charge in [0.2, 0.25) is 0 Å². The Morgan fingerprint density at radius 2 is 1.53 bits per heavy atom. The van der Waals surface area contributed by atoms with E-state index in [1.807, 2.05) is 13.8 Å². The van der Waals surface area contributed by atoms with E-state index in [0.29, 0.717) is 25.2 Å². The average molecular weight is 618 g/mol. The van der Waals surface area contributed by atoms with Crippen LogP contribution in [0.3, 0.4) is 0 Å². The highest BCUT2D eigenvalue weighted by Crippen LogP contribution is 2.37. The zero-order chi connectivity index (χ0) is 31.5. The van der Waals surface area contributed by atoms with Crippen LogP contribution in [0.2, 0.25) is 0 Å². The molecule has 2 saturated heterocycles. The topological polar surface area (TPSA) is 54.5 Å². The van der Waals surface area contributed by atoms with Crippen LogP contribution in [0.4, 0.5) is 26.3 Å². The summed E-state index contributed by atoms with van der Waals surface area (Å²) in [5.41, 5.74) is -1.59. The van der Waals surface area contributed by atoms with Gasteiger partial charge in [-0.2, -0.15) is 26.3 Å². The van der Waals surface area contributed by atoms with Gasteiger partial charge in [-0.05, 0) is 56.2 Å². The first kappa shape index (κ1) is 32.9. The summed E-state index contributed by atoms with van der Waals surface area (Å²) in [6, 6.07) is 5.96. The van der Waals surface area contributed by atoms with Crippen molar-refractivity contribution < 1.29 is 45.3 Å². The number of rotatable bonds is 8. The molecule has 0 spiro atoms. The van der Waals surface area contributed by atoms with Crippen molar-refractivity contribution in [3.05, 3.63) is 58.7 Å². The minimum absolute atomic E-state index is 0.102. The smallest absolute Gasteiger partial charge is 0.419 e. The Bertz CT molecular complexity index is 1260. The van der Waals surface area contributed by atoms with Crippen LogP contribution in [0.15, 0.2) is 36.4 Å². The van der Waals surface area contributed by atoms with Crippen LogP contribution in [0.1, 0.15) is 40.9 Å². The minimum Gasteiger partial charge on any atom is -0.497 e. The fraction of sp³-hybridized carbons (Fsp3) is 0.567. The van der Waals surface area contributed by atoms with Crippen LogP contribution in [0, 0.1) is 0 Å². The maximum absolute atomic E-state index is 13.7. The normalized spacial score (nSPS) is 22.5. The zero-order valence-electron chi connectivity index (χ0n) is 24.6. The molecule has 1 amide bonds. The predicted molar refractivity (Wildman–Crippen MR) is 147 cm³/mol. The lowest BCUT2D eigenvalue weighted by molar-refractivity contribution is -0.139. The molecule has 3 atom stereocenters. The van der Waals surface area contributed by atoms with Crippen molar-refractivity contribution in [3.63, 3.8) is 0 Å². The Morgan fingerprint density at radius 3 is 2.14 bits per heavy atom. The van der Waals surface area contributed by atoms with E-state index in [1.165, 1.54) is 30.2 Å². The molecule has 2 aliphatic rings. The van der Waals surface area contributed by atoms with Gasteiger partial charge in [-0.1, -0.05) is 6.07 Å². The van der Waals surface area contributed by atoms with Crippen LogP contribution in [0.5, 0.6) is 11.5 Å². The van der Waals surface area contributed by atoms with Gasteiger partial charge in [-0.25, -0.2) is 0 Å². The second-order valence-electron chi connectivity index (χ2n) is 11.2. The Balaban J connectivity index is 1.59. The van der Waals surface area contributed by atoms with Crippen molar-refractivity contribution in [1.82, 2.24) is 14.7 Å². The SMILES string of the molecule is COc1cc(C(=O)N2CCN(CCN3C[C@@H](C)O[C@@H](C)C3)C[C@H]2Cc2ccc(C(F)(F)F)c(OC)c2)cc(C(F)(F)F)c1. The fourth-order valence-electron chi connectivity index (χ4n) is 5.85. The Labute approximate surface area is 247 Å². The molecule has 13 heteroatoms. The number of carbonyl (C=O) groups excluding carboxylic acids is 1. The van der Waals surface area contributed by atoms with Crippen LogP contribution >= 0.6 is 0 Å². The summed E-state index contributed by atoms with van der Waals surface area (Å²) in [7, 11) is 2.38. The number of morpholine rings is 1. The number of amides is 1. The van der Waals surface area contributed by atoms with Gasteiger partial charge in [0.25, 0.3) is 5.91 Å². The third-order valence-electron chi connectivity index (χ3n) is 7.81. The van der Waals surface area contributed by atoms with E-state index in [4.69, 9.17) is 14.2 Å². The van der Waals surface area contributed by atoms with Gasteiger partial charge in [-0.15, -0.1) is 0 Å². The van der Waals surface area contributed by atoms with Crippen molar-refractivity contribution in [3.8, 4) is 11.5 Å². The van der Waals surface area contributed by atoms with Crippen molar-refractivity contribution >= 4 is 5.91 Å². The third-order valence-corrected chi connectivity index (χ3v) is 7.81. The molecule has 0 bridgehead atoms. The third kappa shape index (κ3) is 8.33. The van der Waals surface area contributed by atoms with E-state index >= 15 is 0 Å². The number of benzene rings is 2. The molecule has 2 aromatic rings. The number of alkyl halides is 6. The second kappa shape index (κ2) is 13.3. The first-order valence-corrected chi connectivity index (χ1v) is 14.1. The molecule has 238 valence electrons. The summed E-state index contributed by atoms with van der Waals surface area (Å²) in [6.45, 7) is 8.17. The average Bonchev–Trinajstić information content (AvgIpc) is 2.94. The van der Waals surface area contributed by atoms with Crippen LogP contribution < -0.4 is 9.47 Å². The molecule has 7 nitrogen and oxygen atoms in total. The quantitative estimate of drug-likeness (QED) is 0.379. The van der Waals surface area contributed by atoms with Crippen LogP contribution in [0.25, 0.3) is 0 Å². The predicted octanol–water partition coefficient (Wildman–Crippen LogP) is 5.22. The molecular formula is C30H37F6N3O4. The number of hydrogen-bond acceptors (Lipinski definition) is 6. The Morgan fingerprint density at radius 1 is 0.860 bits per heavy atom. The molecule has 43 heavy (non-hydrogen) atoms. The van der Waals surface area contributed by atoms with E-state index < -0.39 is 35.4 Å². The Kier molecular flexibility index (Phi) is 10.2. The van der Waals surface area contributed by atoms with Gasteiger partial charge < -0.3 is 19.1 Å². The summed E-state index contributed by atoms with van der Waals surface area (Å²) in [5.74, 6) is -1.05. The standard InChI is InChI=1S/C30H37F6N3O4/c1-19-16-38(17-20(2)43-19)8-7-37-9-10-39(28(40)22-13-23(29(31,32)33)15-25(14-22)41-3)24(18-37)11-21-5-6-26(30(34,35)36)27(12-21)42-4/h5-6,12-15,19-20,24H,7-11,16-18H2,1-4H3/t19-,20+,24-/m1/s1. The summed E-state index contributed by atoms with van der Waals surface area (Å²) >= 11 is 0. The van der Waals surface area contributed by atoms with Crippen LogP contribution in [-0.2, 0) is 23.5 Å². The lowest BCUT2D eigenvalue weighted by Gasteiger charge is -2.43. The maximum Gasteiger partial charge on any atom is 0.419 e. The molecule has 0 N–H and O–H groups in total. The highest BCUT2D eigenvalue weighted by molar-refractivity contribution is 5.95. The van der Waals surface area contributed by atoms with E-state index in [0.717, 1.165) is 44.9 Å². The highest BCUT2D eigenvalue weighted by atomic mass is 19.4. The zero-order valence-corrected chi connectivity index (χ0v) is 24.6. The monoisotopic (exact) mass is 617 g/mol. The van der Waals surface area contributed by atoms with E-state index in [9.17, 15) is 31.1 Å². The second-order valence-corrected chi connectivity index (χ2v) is 11.2. The summed E-state index contributed by atoms with van der Waals surface area (Å²) in [4.78, 5) is 19.7. The molecular weight excluding hydrogens is 580 g/mol. The summed E-state index contributed by atoms with van der Waals surface area (Å²) in [5, 5.41) is 0. The number of carbonyl (C=O) groups is 1. The first-order valence-electron chi connectivity index (χ1n) is 14.1. The molecule has 2 aliphatic heterocycles. The largest absolute Gasteiger partial charge is 0.497 e. The van der Waals surface area contributed by atoms with Gasteiger partial charge >= 0.3 is 12.4 Å². The molecule has 0 unspecified atom stereocenters. The van der Waals surface area contributed by atoms with E-state index in [-0.39, 0.29) is 42.2 Å². The molecule has 0 aliphatic carbocycles. The molecule has 2 fully saturated rings. The lowest BCUT2D eigenvalue weighted by atomic mass is 9.98. The fourth-order valence-corrected chi connectivity index (χ4v) is 5.85. The Hall–Kier alpha value is -3.03. The number of hydrogen-bond donors (Lipinski definition) is 0. The van der Waals surface area contributed by atoms with Crippen molar-refractivity contribution in [2.45, 2.75) is 50.9 Å². The van der Waals surface area contributed by atoms with Crippen molar-refractivity contribution in [2.24, 2.45) is 0 Å². The number of methoxy groups -OCH3 is 2. The molecule has 4 rings (SSSR count). The van der Waals surface area contributed by atoms with Gasteiger partial charge in [-0.3, -0.25) is 14.6 Å². The number of ether oxygens (including phenoxy) is 3. The highest BCUT2D eigenvalue weighted by Gasteiger charge is 2.37. The van der Waals surface area contributed by atoms with Crippen molar-refractivity contribution in [2.75, 3.05) is 60.0 Å². The maximum atomic E-state index is 13.7. The van der Waals surface area contributed by atoms with Gasteiger partial charge in [0.05, 0.1) is 37.6 Å². The number of piperazine rings is 1.